The molecule has 0 atom stereocenters. The van der Waals surface area contributed by atoms with Gasteiger partial charge in [-0.15, -0.1) is 0 Å². The predicted octanol–water partition coefficient (Wildman–Crippen LogP) is 32.9. The number of nitrogens with zero attached hydrogens (tertiary/aromatic N) is 12. The summed E-state index contributed by atoms with van der Waals surface area (Å²) in [4.78, 5) is 56.8. The lowest BCUT2D eigenvalue weighted by atomic mass is 9.67. The molecule has 0 saturated heterocycles. The minimum absolute atomic E-state index is 0.495. The number of rotatable bonds is 17. The molecule has 9 aromatic heterocycles. The van der Waals surface area contributed by atoms with Crippen molar-refractivity contribution in [3.05, 3.63) is 558 Å². The molecule has 147 heavy (non-hydrogen) atoms. The topological polar surface area (TPSA) is 155 Å². The molecular weight excluding hydrogens is 1790 g/mol. The van der Waals surface area contributed by atoms with Crippen LogP contribution in [0.5, 0.6) is 0 Å². The van der Waals surface area contributed by atoms with Crippen molar-refractivity contribution in [2.24, 2.45) is 0 Å². The number of fused-ring (bicyclic) bond motifs is 11. The molecule has 0 radical (unpaired) electrons. The van der Waals surface area contributed by atoms with Crippen LogP contribution in [0.4, 0.5) is 0 Å². The highest BCUT2D eigenvalue weighted by Gasteiger charge is 2.46. The van der Waals surface area contributed by atoms with Gasteiger partial charge in [-0.1, -0.05) is 388 Å². The van der Waals surface area contributed by atoms with Crippen LogP contribution in [0, 0.1) is 0 Å². The molecule has 0 amide bonds. The minimum atomic E-state index is -0.495. The first-order chi connectivity index (χ1) is 72.9. The van der Waals surface area contributed by atoms with Gasteiger partial charge in [-0.05, 0) is 214 Å². The van der Waals surface area contributed by atoms with E-state index >= 15 is 0 Å². The Labute approximate surface area is 850 Å². The van der Waals surface area contributed by atoms with Crippen molar-refractivity contribution in [1.82, 2.24) is 59.8 Å². The molecule has 0 spiro atoms. The van der Waals surface area contributed by atoms with Crippen molar-refractivity contribution in [2.45, 2.75) is 5.41 Å². The molecule has 26 aromatic rings. The van der Waals surface area contributed by atoms with Gasteiger partial charge in [0.25, 0.3) is 0 Å². The number of pyridine rings is 6. The Balaban J connectivity index is 0.000000115. The number of hydrogen-bond donors (Lipinski definition) is 0. The Hall–Kier alpha value is -19.8. The van der Waals surface area contributed by atoms with E-state index in [2.05, 4.69) is 436 Å². The van der Waals surface area contributed by atoms with Gasteiger partial charge in [0, 0.05) is 154 Å². The van der Waals surface area contributed by atoms with Crippen LogP contribution in [0.25, 0.3) is 233 Å². The minimum Gasteiger partial charge on any atom is -0.264 e. The molecule has 27 rings (SSSR count). The molecule has 0 saturated carbocycles. The fourth-order valence-corrected chi connectivity index (χ4v) is 21.1. The van der Waals surface area contributed by atoms with E-state index in [1.807, 2.05) is 92.2 Å². The maximum atomic E-state index is 5.31. The maximum absolute atomic E-state index is 5.31. The highest BCUT2D eigenvalue weighted by atomic mass is 14.9. The van der Waals surface area contributed by atoms with Crippen LogP contribution >= 0.6 is 0 Å². The molecule has 1 aliphatic rings. The highest BCUT2D eigenvalue weighted by Crippen LogP contribution is 2.57. The van der Waals surface area contributed by atoms with Crippen LogP contribution in [0.1, 0.15) is 22.3 Å². The van der Waals surface area contributed by atoms with Crippen molar-refractivity contribution in [3.8, 4) is 179 Å². The average molecular weight is 1880 g/mol. The standard InChI is InChI=1S/C46H30N4.C45H30N4.C44H28N4/c1-3-11-32(12-4-1)43-38-17-7-8-18-39(38)44(33-13-5-2-6-14-33)41-27-35(23-24-40(41)43)46-49-30-42(37-16-10-26-48-29-37)45(50-46)34-21-19-31(20-22-34)36-15-9-25-47-28-36;1-3-13-36(14-4-1)45(37-15-5-2-6-16-37)41-18-8-7-17-38(41)39-24-23-33(27-42(39)45)44-48-30-40(35-12-10-26-47-29-35)43(49-44)32-21-19-31(20-22-32)34-11-9-25-46-28-34;1-2-11-38-36(9-1)37-10-3-4-12-39(37)41-25-33(21-22-40(38)41)44-47-28-42(31-17-13-29(14-18-31)34-7-5-23-45-26-34)43(48-44)32-19-15-30(16-20-32)35-8-6-24-46-27-35/h1-30H;1-30H;1-28H. The van der Waals surface area contributed by atoms with Crippen molar-refractivity contribution < 1.29 is 0 Å². The second-order valence-corrected chi connectivity index (χ2v) is 36.6. The predicted molar refractivity (Wildman–Crippen MR) is 599 cm³/mol. The van der Waals surface area contributed by atoms with E-state index in [9.17, 15) is 0 Å². The molecule has 0 bridgehead atoms. The smallest absolute Gasteiger partial charge is 0.159 e. The third-order valence-electron chi connectivity index (χ3n) is 28.1. The number of aromatic nitrogens is 12. The van der Waals surface area contributed by atoms with Crippen LogP contribution < -0.4 is 0 Å². The summed E-state index contributed by atoms with van der Waals surface area (Å²) in [6.45, 7) is 0. The summed E-state index contributed by atoms with van der Waals surface area (Å²) in [5, 5.41) is 12.2. The second kappa shape index (κ2) is 39.3. The lowest BCUT2D eigenvalue weighted by Crippen LogP contribution is -2.28. The monoisotopic (exact) mass is 1880 g/mol. The van der Waals surface area contributed by atoms with Gasteiger partial charge in [-0.2, -0.15) is 0 Å². The Morgan fingerprint density at radius 2 is 0.408 bits per heavy atom. The van der Waals surface area contributed by atoms with E-state index < -0.39 is 5.41 Å². The fourth-order valence-electron chi connectivity index (χ4n) is 21.1. The zero-order chi connectivity index (χ0) is 97.8. The summed E-state index contributed by atoms with van der Waals surface area (Å²) in [7, 11) is 0. The van der Waals surface area contributed by atoms with Gasteiger partial charge in [0.1, 0.15) is 0 Å². The first kappa shape index (κ1) is 88.6. The molecule has 0 N–H and O–H groups in total. The molecule has 0 aliphatic heterocycles. The van der Waals surface area contributed by atoms with E-state index in [1.165, 1.54) is 104 Å². The third kappa shape index (κ3) is 17.0. The van der Waals surface area contributed by atoms with E-state index in [0.717, 1.165) is 134 Å². The summed E-state index contributed by atoms with van der Waals surface area (Å²) in [6, 6.07) is 156. The first-order valence-electron chi connectivity index (χ1n) is 49.2. The van der Waals surface area contributed by atoms with Gasteiger partial charge in [0.15, 0.2) is 17.5 Å². The molecule has 9 heterocycles. The van der Waals surface area contributed by atoms with Crippen LogP contribution in [-0.2, 0) is 5.41 Å². The summed E-state index contributed by atoms with van der Waals surface area (Å²) in [5.41, 5.74) is 34.8. The number of hydrogen-bond acceptors (Lipinski definition) is 12. The Kier molecular flexibility index (Phi) is 23.7. The SMILES string of the molecule is c1ccc(-c2c3ccccc3c(-c3ccccc3)c3cc(-c4ncc(-c5cccnc5)c(-c5ccc(-c6cccnc6)cc5)n4)ccc23)cc1.c1ccc(C2(c3ccccc3)c3ccccc3-c3ccc(-c4ncc(-c5cccnc5)c(-c5ccc(-c6cccnc6)cc5)n4)cc32)cc1.c1cncc(-c2ccc(-c3cnc(-c4ccc5c6ccccc6c6ccccc6c5c4)nc3-c3ccc(-c4cccnc4)cc3)cc2)c1. The Morgan fingerprint density at radius 1 is 0.143 bits per heavy atom. The van der Waals surface area contributed by atoms with Crippen molar-refractivity contribution in [3.63, 3.8) is 0 Å². The summed E-state index contributed by atoms with van der Waals surface area (Å²) < 4.78 is 0. The van der Waals surface area contributed by atoms with Gasteiger partial charge in [0.05, 0.1) is 22.5 Å². The molecule has 0 fully saturated rings. The average Bonchev–Trinajstić information content (AvgIpc) is 1.54. The van der Waals surface area contributed by atoms with E-state index in [-0.39, 0.29) is 0 Å². The molecule has 17 aromatic carbocycles. The zero-order valence-corrected chi connectivity index (χ0v) is 79.7. The number of benzene rings is 17. The Bertz CT molecular complexity index is 9240. The largest absolute Gasteiger partial charge is 0.264 e. The van der Waals surface area contributed by atoms with E-state index in [0.29, 0.717) is 17.5 Å². The van der Waals surface area contributed by atoms with Gasteiger partial charge in [-0.3, -0.25) is 29.9 Å². The summed E-state index contributed by atoms with van der Waals surface area (Å²) in [5.74, 6) is 2.03. The lowest BCUT2D eigenvalue weighted by Gasteiger charge is -2.34. The van der Waals surface area contributed by atoms with Gasteiger partial charge >= 0.3 is 0 Å². The van der Waals surface area contributed by atoms with Gasteiger partial charge < -0.3 is 0 Å². The molecule has 12 nitrogen and oxygen atoms in total. The molecule has 0 unspecified atom stereocenters. The summed E-state index contributed by atoms with van der Waals surface area (Å²) in [6.07, 6.45) is 27.9. The Morgan fingerprint density at radius 3 is 0.796 bits per heavy atom. The normalized spacial score (nSPS) is 11.7. The fraction of sp³-hybridized carbons (Fsp3) is 0.00741. The van der Waals surface area contributed by atoms with Gasteiger partial charge in [0.2, 0.25) is 0 Å². The summed E-state index contributed by atoms with van der Waals surface area (Å²) >= 11 is 0. The third-order valence-corrected chi connectivity index (χ3v) is 28.1. The zero-order valence-electron chi connectivity index (χ0n) is 79.7. The van der Waals surface area contributed by atoms with Crippen LogP contribution in [0.15, 0.2) is 536 Å². The van der Waals surface area contributed by atoms with E-state index in [1.54, 1.807) is 37.2 Å². The van der Waals surface area contributed by atoms with Crippen LogP contribution in [0.2, 0.25) is 0 Å². The second-order valence-electron chi connectivity index (χ2n) is 36.6. The van der Waals surface area contributed by atoms with Crippen LogP contribution in [0.3, 0.4) is 0 Å². The van der Waals surface area contributed by atoms with E-state index in [4.69, 9.17) is 29.9 Å². The quantitative estimate of drug-likeness (QED) is 0.0629. The van der Waals surface area contributed by atoms with Crippen molar-refractivity contribution in [1.29, 1.82) is 0 Å². The molecule has 688 valence electrons. The molecule has 1 aliphatic carbocycles. The van der Waals surface area contributed by atoms with Crippen molar-refractivity contribution in [2.75, 3.05) is 0 Å². The van der Waals surface area contributed by atoms with Gasteiger partial charge in [-0.25, -0.2) is 29.9 Å². The highest BCUT2D eigenvalue weighted by molar-refractivity contribution is 6.26. The lowest BCUT2D eigenvalue weighted by molar-refractivity contribution is 0.768. The van der Waals surface area contributed by atoms with Crippen molar-refractivity contribution >= 4 is 53.9 Å². The first-order valence-corrected chi connectivity index (χ1v) is 49.2. The maximum Gasteiger partial charge on any atom is 0.159 e. The van der Waals surface area contributed by atoms with Crippen LogP contribution in [-0.4, -0.2) is 59.8 Å². The molecule has 12 heteroatoms. The molecular formula is C135H88N12.